The van der Waals surface area contributed by atoms with Crippen LogP contribution in [-0.4, -0.2) is 30.1 Å². The van der Waals surface area contributed by atoms with Crippen molar-refractivity contribution in [1.82, 2.24) is 0 Å². The normalized spacial score (nSPS) is 22.8. The van der Waals surface area contributed by atoms with E-state index in [-0.39, 0.29) is 12.1 Å². The first-order chi connectivity index (χ1) is 9.69. The lowest BCUT2D eigenvalue weighted by atomic mass is 9.91. The van der Waals surface area contributed by atoms with Crippen molar-refractivity contribution in [3.8, 4) is 0 Å². The highest BCUT2D eigenvalue weighted by Crippen LogP contribution is 2.33. The maximum absolute atomic E-state index is 10.3. The van der Waals surface area contributed by atoms with Gasteiger partial charge in [0, 0.05) is 29.7 Å². The number of benzene rings is 1. The van der Waals surface area contributed by atoms with E-state index in [9.17, 15) is 5.11 Å². The first-order valence-electron chi connectivity index (χ1n) is 7.54. The van der Waals surface area contributed by atoms with Crippen LogP contribution in [0.2, 0.25) is 0 Å². The molecule has 0 spiro atoms. The Morgan fingerprint density at radius 2 is 2.10 bits per heavy atom. The summed E-state index contributed by atoms with van der Waals surface area (Å²) in [6.45, 7) is 2.71. The van der Waals surface area contributed by atoms with Crippen LogP contribution in [0.15, 0.2) is 23.1 Å². The lowest BCUT2D eigenvalue weighted by Crippen LogP contribution is -2.44. The van der Waals surface area contributed by atoms with Crippen LogP contribution in [0.25, 0.3) is 0 Å². The molecule has 2 unspecified atom stereocenters. The van der Waals surface area contributed by atoms with Crippen molar-refractivity contribution < 1.29 is 5.11 Å². The first kappa shape index (κ1) is 15.7. The summed E-state index contributed by atoms with van der Waals surface area (Å²) in [6.07, 6.45) is 4.10. The monoisotopic (exact) mass is 294 g/mol. The second kappa shape index (κ2) is 7.34. The predicted octanol–water partition coefficient (Wildman–Crippen LogP) is 3.00. The van der Waals surface area contributed by atoms with E-state index >= 15 is 0 Å². The van der Waals surface area contributed by atoms with Crippen LogP contribution in [0.1, 0.15) is 38.2 Å². The van der Waals surface area contributed by atoms with E-state index in [4.69, 9.17) is 5.73 Å². The van der Waals surface area contributed by atoms with E-state index in [1.54, 1.807) is 0 Å². The molecule has 1 saturated carbocycles. The third kappa shape index (κ3) is 3.30. The van der Waals surface area contributed by atoms with Gasteiger partial charge in [0.15, 0.2) is 0 Å². The molecule has 1 aliphatic carbocycles. The van der Waals surface area contributed by atoms with Crippen molar-refractivity contribution in [3.63, 3.8) is 0 Å². The quantitative estimate of drug-likeness (QED) is 0.820. The van der Waals surface area contributed by atoms with Gasteiger partial charge in [-0.1, -0.05) is 25.8 Å². The number of aliphatic hydroxyl groups excluding tert-OH is 1. The molecule has 1 aliphatic rings. The number of nitrogens with zero attached hydrogens (tertiary/aromatic N) is 1. The standard InChI is InChI=1S/C16H26N2OS/c1-3-20-16-10-6-8-13(12(16)11-17)18(2)14-7-4-5-9-15(14)19/h6,8,10,14-15,19H,3-5,7,9,11,17H2,1-2H3. The molecule has 1 fully saturated rings. The third-order valence-electron chi connectivity index (χ3n) is 4.18. The Morgan fingerprint density at radius 1 is 1.35 bits per heavy atom. The van der Waals surface area contributed by atoms with E-state index in [1.807, 2.05) is 11.8 Å². The second-order valence-electron chi connectivity index (χ2n) is 5.42. The summed E-state index contributed by atoms with van der Waals surface area (Å²) in [5.41, 5.74) is 8.37. The van der Waals surface area contributed by atoms with Gasteiger partial charge in [-0.3, -0.25) is 0 Å². The van der Waals surface area contributed by atoms with Gasteiger partial charge in [0.1, 0.15) is 0 Å². The molecule has 112 valence electrons. The SMILES string of the molecule is CCSc1cccc(N(C)C2CCCCC2O)c1CN. The van der Waals surface area contributed by atoms with Gasteiger partial charge in [0.25, 0.3) is 0 Å². The van der Waals surface area contributed by atoms with E-state index in [0.717, 1.165) is 25.0 Å². The second-order valence-corrected chi connectivity index (χ2v) is 6.73. The number of hydrogen-bond donors (Lipinski definition) is 2. The molecule has 3 N–H and O–H groups in total. The Bertz CT molecular complexity index is 438. The predicted molar refractivity (Wildman–Crippen MR) is 87.4 cm³/mol. The van der Waals surface area contributed by atoms with Gasteiger partial charge in [-0.05, 0) is 30.7 Å². The van der Waals surface area contributed by atoms with Crippen LogP contribution in [-0.2, 0) is 6.54 Å². The zero-order chi connectivity index (χ0) is 14.5. The fourth-order valence-electron chi connectivity index (χ4n) is 3.10. The van der Waals surface area contributed by atoms with Crippen LogP contribution in [0.3, 0.4) is 0 Å². The van der Waals surface area contributed by atoms with Crippen LogP contribution >= 0.6 is 11.8 Å². The van der Waals surface area contributed by atoms with E-state index in [1.165, 1.54) is 22.6 Å². The first-order valence-corrected chi connectivity index (χ1v) is 8.53. The Balaban J connectivity index is 2.28. The maximum atomic E-state index is 10.3. The number of nitrogens with two attached hydrogens (primary N) is 1. The van der Waals surface area contributed by atoms with E-state index in [2.05, 4.69) is 37.1 Å². The molecule has 1 aromatic rings. The number of aliphatic hydroxyl groups is 1. The highest BCUT2D eigenvalue weighted by Gasteiger charge is 2.28. The molecular formula is C16H26N2OS. The number of anilines is 1. The van der Waals surface area contributed by atoms with Gasteiger partial charge >= 0.3 is 0 Å². The smallest absolute Gasteiger partial charge is 0.0743 e. The zero-order valence-electron chi connectivity index (χ0n) is 12.5. The molecular weight excluding hydrogens is 268 g/mol. The van der Waals surface area contributed by atoms with Crippen molar-refractivity contribution in [2.24, 2.45) is 5.73 Å². The fourth-order valence-corrected chi connectivity index (χ4v) is 3.95. The lowest BCUT2D eigenvalue weighted by Gasteiger charge is -2.37. The molecule has 20 heavy (non-hydrogen) atoms. The molecule has 2 rings (SSSR count). The molecule has 0 saturated heterocycles. The fraction of sp³-hybridized carbons (Fsp3) is 0.625. The van der Waals surface area contributed by atoms with Gasteiger partial charge in [0.05, 0.1) is 12.1 Å². The number of likely N-dealkylation sites (N-methyl/N-ethyl adjacent to an activating group) is 1. The topological polar surface area (TPSA) is 49.5 Å². The summed E-state index contributed by atoms with van der Waals surface area (Å²) in [4.78, 5) is 3.51. The van der Waals surface area contributed by atoms with Gasteiger partial charge < -0.3 is 15.7 Å². The minimum atomic E-state index is -0.221. The van der Waals surface area contributed by atoms with Crippen LogP contribution in [0.4, 0.5) is 5.69 Å². The molecule has 0 aromatic heterocycles. The zero-order valence-corrected chi connectivity index (χ0v) is 13.3. The molecule has 0 radical (unpaired) electrons. The Morgan fingerprint density at radius 3 is 2.75 bits per heavy atom. The molecule has 0 heterocycles. The number of thioether (sulfide) groups is 1. The lowest BCUT2D eigenvalue weighted by molar-refractivity contribution is 0.106. The summed E-state index contributed by atoms with van der Waals surface area (Å²) in [5, 5.41) is 10.3. The minimum absolute atomic E-state index is 0.218. The van der Waals surface area contributed by atoms with Gasteiger partial charge in [-0.15, -0.1) is 11.8 Å². The molecule has 0 aliphatic heterocycles. The van der Waals surface area contributed by atoms with Crippen molar-refractivity contribution in [2.45, 2.75) is 56.2 Å². The van der Waals surface area contributed by atoms with Gasteiger partial charge in [0.2, 0.25) is 0 Å². The third-order valence-corrected chi connectivity index (χ3v) is 5.17. The largest absolute Gasteiger partial charge is 0.391 e. The van der Waals surface area contributed by atoms with E-state index in [0.29, 0.717) is 6.54 Å². The minimum Gasteiger partial charge on any atom is -0.391 e. The molecule has 3 nitrogen and oxygen atoms in total. The highest BCUT2D eigenvalue weighted by molar-refractivity contribution is 7.99. The summed E-state index contributed by atoms with van der Waals surface area (Å²) in [6, 6.07) is 6.59. The summed E-state index contributed by atoms with van der Waals surface area (Å²) >= 11 is 1.84. The molecule has 4 heteroatoms. The average molecular weight is 294 g/mol. The summed E-state index contributed by atoms with van der Waals surface area (Å²) < 4.78 is 0. The van der Waals surface area contributed by atoms with Gasteiger partial charge in [-0.25, -0.2) is 0 Å². The number of hydrogen-bond acceptors (Lipinski definition) is 4. The highest BCUT2D eigenvalue weighted by atomic mass is 32.2. The Hall–Kier alpha value is -0.710. The maximum Gasteiger partial charge on any atom is 0.0743 e. The van der Waals surface area contributed by atoms with Crippen LogP contribution < -0.4 is 10.6 Å². The Labute approximate surface area is 126 Å². The summed E-state index contributed by atoms with van der Waals surface area (Å²) in [5.74, 6) is 1.05. The van der Waals surface area contributed by atoms with Crippen molar-refractivity contribution >= 4 is 17.4 Å². The number of rotatable bonds is 5. The van der Waals surface area contributed by atoms with Crippen LogP contribution in [0.5, 0.6) is 0 Å². The van der Waals surface area contributed by atoms with E-state index < -0.39 is 0 Å². The van der Waals surface area contributed by atoms with Crippen molar-refractivity contribution in [1.29, 1.82) is 0 Å². The molecule has 0 amide bonds. The van der Waals surface area contributed by atoms with Crippen LogP contribution in [0, 0.1) is 0 Å². The molecule has 0 bridgehead atoms. The van der Waals surface area contributed by atoms with Gasteiger partial charge in [-0.2, -0.15) is 0 Å². The molecule has 2 atom stereocenters. The van der Waals surface area contributed by atoms with Crippen molar-refractivity contribution in [3.05, 3.63) is 23.8 Å². The summed E-state index contributed by atoms with van der Waals surface area (Å²) in [7, 11) is 2.09. The Kier molecular flexibility index (Phi) is 5.75. The average Bonchev–Trinajstić information content (AvgIpc) is 2.47. The van der Waals surface area contributed by atoms with Crippen molar-refractivity contribution in [2.75, 3.05) is 17.7 Å². The molecule has 1 aromatic carbocycles.